The third kappa shape index (κ3) is 17.9. The van der Waals surface area contributed by atoms with Gasteiger partial charge in [-0.3, -0.25) is 0 Å². The first-order valence-electron chi connectivity index (χ1n) is 16.9. The van der Waals surface area contributed by atoms with Crippen LogP contribution < -0.4 is 0 Å². The fourth-order valence-corrected chi connectivity index (χ4v) is 7.48. The molecular formula is C35H66O4SSi. The maximum Gasteiger partial charge on any atom is 0.191 e. The molecule has 0 aliphatic heterocycles. The van der Waals surface area contributed by atoms with Gasteiger partial charge in [0.1, 0.15) is 0 Å². The van der Waals surface area contributed by atoms with Gasteiger partial charge < -0.3 is 9.16 Å². The minimum Gasteiger partial charge on any atom is -0.416 e. The van der Waals surface area contributed by atoms with Crippen LogP contribution in [0.1, 0.15) is 136 Å². The number of unbranched alkanes of at least 4 members (excludes halogenated alkanes) is 15. The highest BCUT2D eigenvalue weighted by Gasteiger charge is 2.38. The number of sulfone groups is 1. The summed E-state index contributed by atoms with van der Waals surface area (Å²) in [5.74, 6) is -0.111. The van der Waals surface area contributed by atoms with Crippen molar-refractivity contribution >= 4 is 18.2 Å². The highest BCUT2D eigenvalue weighted by atomic mass is 32.2. The molecule has 240 valence electrons. The standard InChI is InChI=1S/C35H66O4SSi/c1-8-9-10-11-12-13-14-15-16-17-18-19-20-21-22-23-28-38-29-33(30-39-41(6,7)35(3,4)5)31-40(36,37)34-26-24-32(2)25-27-34/h24-27,33H,8-23,28-31H2,1-7H3/t33-/m0/s1. The van der Waals surface area contributed by atoms with Crippen LogP contribution in [-0.2, 0) is 19.0 Å². The minimum absolute atomic E-state index is 0.0592. The Morgan fingerprint density at radius 3 is 1.59 bits per heavy atom. The summed E-state index contributed by atoms with van der Waals surface area (Å²) < 4.78 is 38.8. The molecule has 6 heteroatoms. The summed E-state index contributed by atoms with van der Waals surface area (Å²) in [6.45, 7) is 16.9. The van der Waals surface area contributed by atoms with E-state index in [2.05, 4.69) is 40.8 Å². The lowest BCUT2D eigenvalue weighted by molar-refractivity contribution is 0.0805. The number of rotatable bonds is 25. The first-order valence-corrected chi connectivity index (χ1v) is 21.5. The van der Waals surface area contributed by atoms with Gasteiger partial charge in [-0.15, -0.1) is 0 Å². The average Bonchev–Trinajstić information content (AvgIpc) is 2.90. The van der Waals surface area contributed by atoms with E-state index in [1.165, 1.54) is 96.3 Å². The second kappa shape index (κ2) is 21.1. The highest BCUT2D eigenvalue weighted by molar-refractivity contribution is 7.91. The lowest BCUT2D eigenvalue weighted by atomic mass is 10.0. The van der Waals surface area contributed by atoms with Crippen LogP contribution in [0.15, 0.2) is 29.2 Å². The van der Waals surface area contributed by atoms with Gasteiger partial charge in [0.25, 0.3) is 0 Å². The Morgan fingerprint density at radius 1 is 0.707 bits per heavy atom. The fraction of sp³-hybridized carbons (Fsp3) is 0.829. The van der Waals surface area contributed by atoms with E-state index in [0.29, 0.717) is 24.7 Å². The molecule has 0 unspecified atom stereocenters. The summed E-state index contributed by atoms with van der Waals surface area (Å²) in [6.07, 6.45) is 21.6. The normalized spacial score (nSPS) is 13.5. The molecule has 41 heavy (non-hydrogen) atoms. The Morgan fingerprint density at radius 2 is 1.15 bits per heavy atom. The first-order chi connectivity index (χ1) is 19.4. The summed E-state index contributed by atoms with van der Waals surface area (Å²) in [5, 5.41) is 0.0851. The smallest absolute Gasteiger partial charge is 0.191 e. The van der Waals surface area contributed by atoms with Crippen LogP contribution in [-0.4, -0.2) is 42.3 Å². The van der Waals surface area contributed by atoms with E-state index in [1.54, 1.807) is 12.1 Å². The molecular weight excluding hydrogens is 545 g/mol. The fourth-order valence-electron chi connectivity index (χ4n) is 4.84. The van der Waals surface area contributed by atoms with Gasteiger partial charge in [0.2, 0.25) is 0 Å². The Hall–Kier alpha value is -0.693. The van der Waals surface area contributed by atoms with Gasteiger partial charge in [0.15, 0.2) is 18.2 Å². The lowest BCUT2D eigenvalue weighted by Gasteiger charge is -2.37. The van der Waals surface area contributed by atoms with Crippen LogP contribution in [0.25, 0.3) is 0 Å². The molecule has 0 aliphatic rings. The quantitative estimate of drug-likeness (QED) is 0.0816. The van der Waals surface area contributed by atoms with Gasteiger partial charge in [-0.2, -0.15) is 0 Å². The van der Waals surface area contributed by atoms with E-state index in [0.717, 1.165) is 12.0 Å². The van der Waals surface area contributed by atoms with Crippen molar-refractivity contribution in [2.45, 2.75) is 160 Å². The van der Waals surface area contributed by atoms with E-state index in [-0.39, 0.29) is 16.7 Å². The second-order valence-corrected chi connectivity index (χ2v) is 20.8. The van der Waals surface area contributed by atoms with Crippen LogP contribution in [0.4, 0.5) is 0 Å². The average molecular weight is 611 g/mol. The van der Waals surface area contributed by atoms with Gasteiger partial charge in [-0.05, 0) is 43.6 Å². The molecule has 0 saturated carbocycles. The Balaban J connectivity index is 2.27. The number of hydrogen-bond donors (Lipinski definition) is 0. The van der Waals surface area contributed by atoms with Crippen LogP contribution in [0.3, 0.4) is 0 Å². The lowest BCUT2D eigenvalue weighted by Crippen LogP contribution is -2.43. The molecule has 0 bridgehead atoms. The summed E-state index contributed by atoms with van der Waals surface area (Å²) in [6, 6.07) is 7.16. The van der Waals surface area contributed by atoms with E-state index in [1.807, 2.05) is 19.1 Å². The topological polar surface area (TPSA) is 52.6 Å². The molecule has 0 saturated heterocycles. The van der Waals surface area contributed by atoms with Crippen molar-refractivity contribution in [1.29, 1.82) is 0 Å². The highest BCUT2D eigenvalue weighted by Crippen LogP contribution is 2.37. The maximum atomic E-state index is 13.2. The van der Waals surface area contributed by atoms with E-state index < -0.39 is 18.2 Å². The van der Waals surface area contributed by atoms with Crippen LogP contribution in [0.2, 0.25) is 18.1 Å². The summed E-state index contributed by atoms with van der Waals surface area (Å²) in [5.41, 5.74) is 1.06. The predicted molar refractivity (Wildman–Crippen MR) is 180 cm³/mol. The Kier molecular flexibility index (Phi) is 19.7. The third-order valence-corrected chi connectivity index (χ3v) is 15.2. The minimum atomic E-state index is -3.40. The first kappa shape index (κ1) is 38.3. The van der Waals surface area contributed by atoms with Gasteiger partial charge in [-0.1, -0.05) is 142 Å². The summed E-state index contributed by atoms with van der Waals surface area (Å²) in [4.78, 5) is 0.387. The zero-order valence-electron chi connectivity index (χ0n) is 28.1. The molecule has 1 aromatic rings. The number of hydrogen-bond acceptors (Lipinski definition) is 4. The van der Waals surface area contributed by atoms with Crippen molar-refractivity contribution in [2.75, 3.05) is 25.6 Å². The van der Waals surface area contributed by atoms with Gasteiger partial charge >= 0.3 is 0 Å². The van der Waals surface area contributed by atoms with Crippen LogP contribution >= 0.6 is 0 Å². The summed E-state index contributed by atoms with van der Waals surface area (Å²) >= 11 is 0. The van der Waals surface area contributed by atoms with Crippen LogP contribution in [0, 0.1) is 12.8 Å². The van der Waals surface area contributed by atoms with Crippen molar-refractivity contribution in [1.82, 2.24) is 0 Å². The maximum absolute atomic E-state index is 13.2. The van der Waals surface area contributed by atoms with Crippen molar-refractivity contribution < 1.29 is 17.6 Å². The monoisotopic (exact) mass is 610 g/mol. The van der Waals surface area contributed by atoms with Gasteiger partial charge in [-0.25, -0.2) is 8.42 Å². The van der Waals surface area contributed by atoms with E-state index in [4.69, 9.17) is 9.16 Å². The van der Waals surface area contributed by atoms with E-state index in [9.17, 15) is 8.42 Å². The SMILES string of the molecule is CCCCCCCCCCCCCCCCCCOC[C@@H](CO[Si](C)(C)C(C)(C)C)CS(=O)(=O)c1ccc(C)cc1. The molecule has 1 aromatic carbocycles. The molecule has 1 atom stereocenters. The predicted octanol–water partition coefficient (Wildman–Crippen LogP) is 10.7. The number of aryl methyl sites for hydroxylation is 1. The molecule has 0 aliphatic carbocycles. The van der Waals surface area contributed by atoms with Crippen molar-refractivity contribution in [3.63, 3.8) is 0 Å². The largest absolute Gasteiger partial charge is 0.416 e. The molecule has 0 spiro atoms. The second-order valence-electron chi connectivity index (χ2n) is 13.9. The molecule has 0 heterocycles. The van der Waals surface area contributed by atoms with Crippen molar-refractivity contribution in [2.24, 2.45) is 5.92 Å². The molecule has 0 radical (unpaired) electrons. The van der Waals surface area contributed by atoms with Crippen molar-refractivity contribution in [3.8, 4) is 0 Å². The zero-order chi connectivity index (χ0) is 30.6. The molecule has 4 nitrogen and oxygen atoms in total. The van der Waals surface area contributed by atoms with Gasteiger partial charge in [0.05, 0.1) is 17.3 Å². The third-order valence-electron chi connectivity index (χ3n) is 8.82. The zero-order valence-corrected chi connectivity index (χ0v) is 29.9. The van der Waals surface area contributed by atoms with Crippen molar-refractivity contribution in [3.05, 3.63) is 29.8 Å². The number of ether oxygens (including phenoxy) is 1. The molecule has 0 aromatic heterocycles. The molecule has 0 N–H and O–H groups in total. The van der Waals surface area contributed by atoms with E-state index >= 15 is 0 Å². The molecule has 1 rings (SSSR count). The molecule has 0 fully saturated rings. The van der Waals surface area contributed by atoms with Crippen LogP contribution in [0.5, 0.6) is 0 Å². The molecule has 0 amide bonds. The van der Waals surface area contributed by atoms with Gasteiger partial charge in [0, 0.05) is 19.1 Å². The number of benzene rings is 1. The summed E-state index contributed by atoms with van der Waals surface area (Å²) in [7, 11) is -5.37. The Bertz CT molecular complexity index is 874. The Labute approximate surface area is 256 Å².